The van der Waals surface area contributed by atoms with Crippen molar-refractivity contribution < 1.29 is 18.0 Å². The van der Waals surface area contributed by atoms with Crippen LogP contribution in [0.3, 0.4) is 0 Å². The van der Waals surface area contributed by atoms with Gasteiger partial charge in [-0.1, -0.05) is 72.8 Å². The van der Waals surface area contributed by atoms with Crippen LogP contribution in [0.15, 0.2) is 84.9 Å². The Morgan fingerprint density at radius 1 is 0.935 bits per heavy atom. The number of ether oxygens (including phenoxy) is 1. The third-order valence-electron chi connectivity index (χ3n) is 5.38. The van der Waals surface area contributed by atoms with Crippen LogP contribution in [0.5, 0.6) is 5.75 Å². The monoisotopic (exact) mass is 438 g/mol. The normalized spacial score (nSPS) is 19.4. The summed E-state index contributed by atoms with van der Waals surface area (Å²) in [5.74, 6) is 0.732. The summed E-state index contributed by atoms with van der Waals surface area (Å²) in [5, 5.41) is 0.906. The highest BCUT2D eigenvalue weighted by molar-refractivity contribution is 7.90. The van der Waals surface area contributed by atoms with E-state index in [9.17, 15) is 8.42 Å². The SMILES string of the molecule is CN1OC[C@H](S(=O)(=O)NCc2ccccc2)[C@@H]1c1ccc(OCc2ccccc2)cc1. The van der Waals surface area contributed by atoms with Crippen molar-refractivity contribution in [3.8, 4) is 5.75 Å². The first kappa shape index (κ1) is 21.5. The first-order chi connectivity index (χ1) is 15.0. The quantitative estimate of drug-likeness (QED) is 0.581. The number of hydrogen-bond acceptors (Lipinski definition) is 5. The molecule has 0 unspecified atom stereocenters. The van der Waals surface area contributed by atoms with Gasteiger partial charge in [-0.2, -0.15) is 5.06 Å². The molecule has 0 radical (unpaired) electrons. The summed E-state index contributed by atoms with van der Waals surface area (Å²) in [6.45, 7) is 0.840. The summed E-state index contributed by atoms with van der Waals surface area (Å²) >= 11 is 0. The molecule has 7 heteroatoms. The summed E-state index contributed by atoms with van der Waals surface area (Å²) in [5.41, 5.74) is 2.86. The summed E-state index contributed by atoms with van der Waals surface area (Å²) < 4.78 is 34.6. The maximum absolute atomic E-state index is 13.0. The number of benzene rings is 3. The van der Waals surface area contributed by atoms with Crippen molar-refractivity contribution in [2.45, 2.75) is 24.4 Å². The number of nitrogens with one attached hydrogen (secondary N) is 1. The van der Waals surface area contributed by atoms with Crippen LogP contribution in [-0.2, 0) is 28.0 Å². The van der Waals surface area contributed by atoms with Gasteiger partial charge in [-0.25, -0.2) is 13.1 Å². The van der Waals surface area contributed by atoms with E-state index in [0.717, 1.165) is 22.4 Å². The van der Waals surface area contributed by atoms with E-state index in [2.05, 4.69) is 4.72 Å². The fraction of sp³-hybridized carbons (Fsp3) is 0.250. The van der Waals surface area contributed by atoms with Crippen molar-refractivity contribution in [1.29, 1.82) is 0 Å². The Bertz CT molecular complexity index is 1070. The number of sulfonamides is 1. The predicted octanol–water partition coefficient (Wildman–Crippen LogP) is 3.67. The van der Waals surface area contributed by atoms with Gasteiger partial charge < -0.3 is 4.74 Å². The molecule has 3 aromatic carbocycles. The van der Waals surface area contributed by atoms with Crippen molar-refractivity contribution in [3.05, 3.63) is 102 Å². The Morgan fingerprint density at radius 2 is 1.55 bits per heavy atom. The Kier molecular flexibility index (Phi) is 6.67. The lowest BCUT2D eigenvalue weighted by molar-refractivity contribution is -0.110. The summed E-state index contributed by atoms with van der Waals surface area (Å²) in [7, 11) is -1.83. The van der Waals surface area contributed by atoms with Gasteiger partial charge in [-0.05, 0) is 28.8 Å². The second-order valence-corrected chi connectivity index (χ2v) is 9.50. The largest absolute Gasteiger partial charge is 0.489 e. The van der Waals surface area contributed by atoms with Gasteiger partial charge in [0.15, 0.2) is 0 Å². The zero-order valence-corrected chi connectivity index (χ0v) is 18.2. The van der Waals surface area contributed by atoms with Gasteiger partial charge in [0, 0.05) is 13.6 Å². The van der Waals surface area contributed by atoms with Crippen molar-refractivity contribution in [2.75, 3.05) is 13.7 Å². The summed E-state index contributed by atoms with van der Waals surface area (Å²) in [6, 6.07) is 26.5. The molecule has 162 valence electrons. The smallest absolute Gasteiger partial charge is 0.219 e. The van der Waals surface area contributed by atoms with Crippen LogP contribution in [0.1, 0.15) is 22.7 Å². The Labute approximate surface area is 183 Å². The fourth-order valence-electron chi connectivity index (χ4n) is 3.67. The predicted molar refractivity (Wildman–Crippen MR) is 120 cm³/mol. The molecule has 0 bridgehead atoms. The number of rotatable bonds is 8. The second kappa shape index (κ2) is 9.62. The van der Waals surface area contributed by atoms with Crippen LogP contribution in [-0.4, -0.2) is 32.4 Å². The lowest BCUT2D eigenvalue weighted by Gasteiger charge is -2.23. The standard InChI is InChI=1S/C24H26N2O4S/c1-26-24(21-12-14-22(15-13-21)29-17-20-10-6-3-7-11-20)23(18-30-26)31(27,28)25-16-19-8-4-2-5-9-19/h2-15,23-25H,16-18H2,1H3/t23-,24-/m0/s1. The molecule has 1 heterocycles. The molecule has 0 aromatic heterocycles. The Balaban J connectivity index is 1.44. The highest BCUT2D eigenvalue weighted by Crippen LogP contribution is 2.34. The minimum Gasteiger partial charge on any atom is -0.489 e. The van der Waals surface area contributed by atoms with Gasteiger partial charge in [0.25, 0.3) is 0 Å². The molecule has 1 N–H and O–H groups in total. The number of hydroxylamine groups is 2. The van der Waals surface area contributed by atoms with Crippen molar-refractivity contribution in [2.24, 2.45) is 0 Å². The molecular formula is C24H26N2O4S. The van der Waals surface area contributed by atoms with Gasteiger partial charge in [-0.15, -0.1) is 0 Å². The molecular weight excluding hydrogens is 412 g/mol. The van der Waals surface area contributed by atoms with E-state index in [-0.39, 0.29) is 13.2 Å². The molecule has 1 saturated heterocycles. The Morgan fingerprint density at radius 3 is 2.19 bits per heavy atom. The zero-order chi connectivity index (χ0) is 21.7. The van der Waals surface area contributed by atoms with Gasteiger partial charge in [0.05, 0.1) is 12.6 Å². The summed E-state index contributed by atoms with van der Waals surface area (Å²) in [4.78, 5) is 5.59. The molecule has 4 rings (SSSR count). The topological polar surface area (TPSA) is 67.9 Å². The van der Waals surface area contributed by atoms with Crippen molar-refractivity contribution >= 4 is 10.0 Å². The van der Waals surface area contributed by atoms with E-state index >= 15 is 0 Å². The van der Waals surface area contributed by atoms with E-state index in [1.165, 1.54) is 0 Å². The van der Waals surface area contributed by atoms with Gasteiger partial charge in [0.2, 0.25) is 10.0 Å². The number of nitrogens with zero attached hydrogens (tertiary/aromatic N) is 1. The molecule has 0 aliphatic carbocycles. The van der Waals surface area contributed by atoms with E-state index in [4.69, 9.17) is 9.57 Å². The van der Waals surface area contributed by atoms with Gasteiger partial charge >= 0.3 is 0 Å². The number of hydrogen-bond donors (Lipinski definition) is 1. The fourth-order valence-corrected chi connectivity index (χ4v) is 5.16. The average Bonchev–Trinajstić information content (AvgIpc) is 3.20. The molecule has 0 saturated carbocycles. The molecule has 2 atom stereocenters. The minimum absolute atomic E-state index is 0.109. The first-order valence-electron chi connectivity index (χ1n) is 10.2. The van der Waals surface area contributed by atoms with Crippen LogP contribution >= 0.6 is 0 Å². The molecule has 3 aromatic rings. The lowest BCUT2D eigenvalue weighted by atomic mass is 10.0. The zero-order valence-electron chi connectivity index (χ0n) is 17.3. The van der Waals surface area contributed by atoms with E-state index < -0.39 is 21.3 Å². The van der Waals surface area contributed by atoms with Crippen molar-refractivity contribution in [3.63, 3.8) is 0 Å². The van der Waals surface area contributed by atoms with Crippen LogP contribution in [0, 0.1) is 0 Å². The summed E-state index contributed by atoms with van der Waals surface area (Å²) in [6.07, 6.45) is 0. The third kappa shape index (κ3) is 5.32. The Hall–Kier alpha value is -2.71. The van der Waals surface area contributed by atoms with Crippen LogP contribution in [0.25, 0.3) is 0 Å². The molecule has 1 aliphatic rings. The maximum Gasteiger partial charge on any atom is 0.219 e. The molecule has 31 heavy (non-hydrogen) atoms. The molecule has 1 fully saturated rings. The highest BCUT2D eigenvalue weighted by Gasteiger charge is 2.43. The van der Waals surface area contributed by atoms with Crippen LogP contribution in [0.4, 0.5) is 0 Å². The average molecular weight is 439 g/mol. The maximum atomic E-state index is 13.0. The first-order valence-corrected chi connectivity index (χ1v) is 11.7. The molecule has 1 aliphatic heterocycles. The third-order valence-corrected chi connectivity index (χ3v) is 7.11. The lowest BCUT2D eigenvalue weighted by Crippen LogP contribution is -2.39. The van der Waals surface area contributed by atoms with E-state index in [1.807, 2.05) is 84.9 Å². The van der Waals surface area contributed by atoms with E-state index in [1.54, 1.807) is 12.1 Å². The molecule has 0 spiro atoms. The molecule has 0 amide bonds. The van der Waals surface area contributed by atoms with Crippen LogP contribution < -0.4 is 9.46 Å². The van der Waals surface area contributed by atoms with Crippen molar-refractivity contribution in [1.82, 2.24) is 9.79 Å². The minimum atomic E-state index is -3.59. The second-order valence-electron chi connectivity index (χ2n) is 7.52. The highest BCUT2D eigenvalue weighted by atomic mass is 32.2. The van der Waals surface area contributed by atoms with Gasteiger partial charge in [-0.3, -0.25) is 4.84 Å². The van der Waals surface area contributed by atoms with Gasteiger partial charge in [0.1, 0.15) is 17.6 Å². The molecule has 6 nitrogen and oxygen atoms in total. The van der Waals surface area contributed by atoms with E-state index in [0.29, 0.717) is 6.61 Å². The van der Waals surface area contributed by atoms with Crippen LogP contribution in [0.2, 0.25) is 0 Å².